The number of halogens is 1. The average molecular weight is 190 g/mol. The zero-order valence-electron chi connectivity index (χ0n) is 6.97. The fourth-order valence-corrected chi connectivity index (χ4v) is 1.19. The number of nitrogens with one attached hydrogen (secondary N) is 1. The lowest BCUT2D eigenvalue weighted by Crippen LogP contribution is -2.47. The van der Waals surface area contributed by atoms with Crippen LogP contribution in [0.1, 0.15) is 12.8 Å². The van der Waals surface area contributed by atoms with Crippen LogP contribution in [0.25, 0.3) is 0 Å². The van der Waals surface area contributed by atoms with Crippen molar-refractivity contribution < 1.29 is 9.53 Å². The van der Waals surface area contributed by atoms with E-state index in [-0.39, 0.29) is 17.0 Å². The summed E-state index contributed by atoms with van der Waals surface area (Å²) in [6, 6.07) is 0.206. The molecular formula is C8H12ClNO2. The summed E-state index contributed by atoms with van der Waals surface area (Å²) < 4.78 is 5.05. The van der Waals surface area contributed by atoms with Crippen molar-refractivity contribution in [3.63, 3.8) is 0 Å². The Morgan fingerprint density at radius 3 is 2.67 bits per heavy atom. The lowest BCUT2D eigenvalue weighted by molar-refractivity contribution is -0.119. The molecule has 0 aliphatic heterocycles. The molecule has 0 heterocycles. The number of amides is 1. The molecule has 3 nitrogen and oxygen atoms in total. The lowest BCUT2D eigenvalue weighted by Gasteiger charge is -2.34. The Kier molecular flexibility index (Phi) is 3.12. The number of hydrogen-bond acceptors (Lipinski definition) is 2. The lowest BCUT2D eigenvalue weighted by atomic mass is 9.89. The van der Waals surface area contributed by atoms with Crippen molar-refractivity contribution in [2.24, 2.45) is 0 Å². The van der Waals surface area contributed by atoms with Gasteiger partial charge >= 0.3 is 0 Å². The van der Waals surface area contributed by atoms with E-state index >= 15 is 0 Å². The van der Waals surface area contributed by atoms with Crippen LogP contribution >= 0.6 is 11.6 Å². The van der Waals surface area contributed by atoms with Crippen LogP contribution in [0.4, 0.5) is 0 Å². The number of carbonyl (C=O) groups is 1. The van der Waals surface area contributed by atoms with Crippen molar-refractivity contribution in [2.45, 2.75) is 25.0 Å². The quantitative estimate of drug-likeness (QED) is 0.674. The summed E-state index contributed by atoms with van der Waals surface area (Å²) >= 11 is 5.39. The minimum atomic E-state index is -0.281. The summed E-state index contributed by atoms with van der Waals surface area (Å²) in [6.07, 6.45) is 2.03. The number of methoxy groups -OCH3 is 1. The highest BCUT2D eigenvalue weighted by molar-refractivity contribution is 6.41. The Balaban J connectivity index is 2.19. The maximum absolute atomic E-state index is 11.0. The van der Waals surface area contributed by atoms with Gasteiger partial charge in [-0.15, -0.1) is 0 Å². The molecule has 0 unspecified atom stereocenters. The summed E-state index contributed by atoms with van der Waals surface area (Å²) in [4.78, 5) is 11.0. The molecule has 0 aromatic carbocycles. The van der Waals surface area contributed by atoms with Gasteiger partial charge in [0.15, 0.2) is 0 Å². The van der Waals surface area contributed by atoms with Crippen molar-refractivity contribution in [1.29, 1.82) is 0 Å². The minimum Gasteiger partial charge on any atom is -0.381 e. The van der Waals surface area contributed by atoms with Gasteiger partial charge in [0.2, 0.25) is 0 Å². The largest absolute Gasteiger partial charge is 0.381 e. The third-order valence-corrected chi connectivity index (χ3v) is 2.18. The summed E-state index contributed by atoms with van der Waals surface area (Å²) in [6.45, 7) is 3.33. The molecule has 68 valence electrons. The zero-order valence-corrected chi connectivity index (χ0v) is 7.73. The molecule has 1 amide bonds. The van der Waals surface area contributed by atoms with Gasteiger partial charge < -0.3 is 10.1 Å². The molecule has 0 atom stereocenters. The smallest absolute Gasteiger partial charge is 0.262 e. The fourth-order valence-electron chi connectivity index (χ4n) is 1.14. The standard InChI is InChI=1S/C8H12ClNO2/c1-5(9)8(11)10-6-3-7(4-6)12-2/h6-7H,1,3-4H2,2H3,(H,10,11). The predicted molar refractivity (Wildman–Crippen MR) is 47.0 cm³/mol. The second kappa shape index (κ2) is 3.92. The van der Waals surface area contributed by atoms with E-state index in [1.165, 1.54) is 0 Å². The van der Waals surface area contributed by atoms with Crippen LogP contribution in [0.15, 0.2) is 11.6 Å². The molecule has 0 radical (unpaired) electrons. The first-order valence-corrected chi connectivity index (χ1v) is 4.19. The highest BCUT2D eigenvalue weighted by Crippen LogP contribution is 2.22. The van der Waals surface area contributed by atoms with Crippen LogP contribution in [-0.4, -0.2) is 25.2 Å². The summed E-state index contributed by atoms with van der Waals surface area (Å²) in [5.74, 6) is -0.281. The van der Waals surface area contributed by atoms with Crippen LogP contribution < -0.4 is 5.32 Å². The minimum absolute atomic E-state index is 0.0378. The molecule has 1 aliphatic rings. The molecule has 0 saturated heterocycles. The molecule has 1 N–H and O–H groups in total. The Bertz CT molecular complexity index is 199. The van der Waals surface area contributed by atoms with E-state index in [1.807, 2.05) is 0 Å². The van der Waals surface area contributed by atoms with Crippen molar-refractivity contribution >= 4 is 17.5 Å². The number of hydrogen-bond donors (Lipinski definition) is 1. The fraction of sp³-hybridized carbons (Fsp3) is 0.625. The van der Waals surface area contributed by atoms with Crippen LogP contribution in [0.3, 0.4) is 0 Å². The molecule has 4 heteroatoms. The van der Waals surface area contributed by atoms with Crippen LogP contribution in [0.5, 0.6) is 0 Å². The van der Waals surface area contributed by atoms with E-state index in [4.69, 9.17) is 16.3 Å². The normalized spacial score (nSPS) is 27.5. The van der Waals surface area contributed by atoms with Crippen molar-refractivity contribution in [3.05, 3.63) is 11.6 Å². The Hall–Kier alpha value is -0.540. The van der Waals surface area contributed by atoms with Gasteiger partial charge in [-0.3, -0.25) is 4.79 Å². The second-order valence-corrected chi connectivity index (χ2v) is 3.36. The summed E-state index contributed by atoms with van der Waals surface area (Å²) in [5.41, 5.74) is 0. The molecule has 12 heavy (non-hydrogen) atoms. The molecule has 1 aliphatic carbocycles. The number of rotatable bonds is 3. The third kappa shape index (κ3) is 2.22. The Morgan fingerprint density at radius 2 is 2.25 bits per heavy atom. The Morgan fingerprint density at radius 1 is 1.67 bits per heavy atom. The third-order valence-electron chi connectivity index (χ3n) is 2.01. The van der Waals surface area contributed by atoms with E-state index < -0.39 is 0 Å². The van der Waals surface area contributed by atoms with Gasteiger partial charge in [-0.25, -0.2) is 0 Å². The van der Waals surface area contributed by atoms with Crippen LogP contribution in [0.2, 0.25) is 0 Å². The van der Waals surface area contributed by atoms with Gasteiger partial charge in [0.05, 0.1) is 11.1 Å². The topological polar surface area (TPSA) is 38.3 Å². The van der Waals surface area contributed by atoms with Gasteiger partial charge in [-0.05, 0) is 12.8 Å². The summed E-state index contributed by atoms with van der Waals surface area (Å²) in [7, 11) is 1.67. The molecule has 0 bridgehead atoms. The first kappa shape index (κ1) is 9.55. The number of carbonyl (C=O) groups excluding carboxylic acids is 1. The summed E-state index contributed by atoms with van der Waals surface area (Å²) in [5, 5.41) is 2.77. The first-order valence-electron chi connectivity index (χ1n) is 3.81. The molecule has 1 rings (SSSR count). The first-order chi connectivity index (χ1) is 5.63. The predicted octanol–water partition coefficient (Wildman–Crippen LogP) is 1.03. The second-order valence-electron chi connectivity index (χ2n) is 2.90. The highest BCUT2D eigenvalue weighted by atomic mass is 35.5. The van der Waals surface area contributed by atoms with E-state index in [1.54, 1.807) is 7.11 Å². The van der Waals surface area contributed by atoms with E-state index in [9.17, 15) is 4.79 Å². The molecule has 0 aromatic heterocycles. The maximum atomic E-state index is 11.0. The van der Waals surface area contributed by atoms with E-state index in [0.717, 1.165) is 12.8 Å². The van der Waals surface area contributed by atoms with Crippen molar-refractivity contribution in [3.8, 4) is 0 Å². The van der Waals surface area contributed by atoms with Gasteiger partial charge in [0.25, 0.3) is 5.91 Å². The van der Waals surface area contributed by atoms with Gasteiger partial charge in [-0.2, -0.15) is 0 Å². The van der Waals surface area contributed by atoms with Gasteiger partial charge in [0.1, 0.15) is 0 Å². The van der Waals surface area contributed by atoms with Gasteiger partial charge in [-0.1, -0.05) is 18.2 Å². The zero-order chi connectivity index (χ0) is 9.14. The van der Waals surface area contributed by atoms with Crippen LogP contribution in [0, 0.1) is 0 Å². The molecular weight excluding hydrogens is 178 g/mol. The van der Waals surface area contributed by atoms with E-state index in [2.05, 4.69) is 11.9 Å². The molecule has 0 aromatic rings. The van der Waals surface area contributed by atoms with Gasteiger partial charge in [0, 0.05) is 13.2 Å². The van der Waals surface area contributed by atoms with Crippen molar-refractivity contribution in [1.82, 2.24) is 5.32 Å². The molecule has 0 spiro atoms. The van der Waals surface area contributed by atoms with Crippen LogP contribution in [-0.2, 0) is 9.53 Å². The van der Waals surface area contributed by atoms with Crippen molar-refractivity contribution in [2.75, 3.05) is 7.11 Å². The maximum Gasteiger partial charge on any atom is 0.262 e. The van der Waals surface area contributed by atoms with E-state index in [0.29, 0.717) is 6.10 Å². The highest BCUT2D eigenvalue weighted by Gasteiger charge is 2.30. The monoisotopic (exact) mass is 189 g/mol. The number of ether oxygens (including phenoxy) is 1. The average Bonchev–Trinajstić information content (AvgIpc) is 1.94. The SMILES string of the molecule is C=C(Cl)C(=O)NC1CC(OC)C1. The Labute approximate surface area is 76.7 Å². The molecule has 1 saturated carbocycles. The molecule has 1 fully saturated rings.